The van der Waals surface area contributed by atoms with Gasteiger partial charge in [-0.25, -0.2) is 0 Å². The van der Waals surface area contributed by atoms with Crippen molar-refractivity contribution in [1.29, 1.82) is 0 Å². The van der Waals surface area contributed by atoms with Crippen molar-refractivity contribution in [2.75, 3.05) is 33.0 Å². The summed E-state index contributed by atoms with van der Waals surface area (Å²) in [4.78, 5) is 0. The van der Waals surface area contributed by atoms with E-state index < -0.39 is 30.5 Å². The van der Waals surface area contributed by atoms with Crippen molar-refractivity contribution < 1.29 is 49.2 Å². The highest BCUT2D eigenvalue weighted by molar-refractivity contribution is 5.52. The predicted molar refractivity (Wildman–Crippen MR) is 481 cm³/mol. The van der Waals surface area contributed by atoms with Gasteiger partial charge in [0.05, 0.1) is 33.0 Å². The van der Waals surface area contributed by atoms with Gasteiger partial charge in [-0.2, -0.15) is 0 Å². The molecule has 0 heterocycles. The molecule has 5 unspecified atom stereocenters. The molecular weight excluding hydrogens is 1420 g/mol. The third-order valence-electron chi connectivity index (χ3n) is 22.7. The summed E-state index contributed by atoms with van der Waals surface area (Å²) >= 11 is 0. The average molecular weight is 1560 g/mol. The zero-order valence-corrected chi connectivity index (χ0v) is 73.6. The standard InChI is InChI=1S/C23H32O2.C22H30O2.C21H28O2.C20H26O2.C19H24O2/c1-5-7-8-9-16-25-22-15-14-21(17(3)18(22)4)23(24)20-12-10-19(6-2)11-13-20;1-5-7-8-15-24-21-14-13-20(16(3)17(21)4)22(23)19-11-9-18(6-2)10-12-19;1-5-7-14-23-20-13-12-19(15(3)16(20)4)21(22)18-10-8-17(6-2)9-11-18;1-5-13-22-19-12-11-18(14(3)15(19)4)20(21)17-9-7-16(6-2)8-10-17;1-5-15-7-9-16(10-8-15)19(20)17-11-12-18(21-6-2)14(4)13(17)3/h10-15,23-24H,5-9,16H2,1-4H3;9-14,22-23H,5-8,15H2,1-4H3;8-13,21-22H,5-7,14H2,1-4H3;7-12,20-21H,5-6,13H2,1-4H3;7-12,19-20H,5-6H2,1-4H3. The van der Waals surface area contributed by atoms with E-state index in [1.807, 2.05) is 149 Å². The van der Waals surface area contributed by atoms with E-state index in [1.54, 1.807) is 0 Å². The summed E-state index contributed by atoms with van der Waals surface area (Å²) in [5.74, 6) is 4.60. The Balaban J connectivity index is 0.000000224. The topological polar surface area (TPSA) is 147 Å². The molecule has 10 aromatic carbocycles. The van der Waals surface area contributed by atoms with Gasteiger partial charge in [-0.05, 0) is 303 Å². The summed E-state index contributed by atoms with van der Waals surface area (Å²) in [6, 6.07) is 60.9. The Morgan fingerprint density at radius 2 is 0.400 bits per heavy atom. The van der Waals surface area contributed by atoms with Gasteiger partial charge in [-0.15, -0.1) is 0 Å². The fraction of sp³-hybridized carbons (Fsp3) is 0.429. The lowest BCUT2D eigenvalue weighted by atomic mass is 9.93. The van der Waals surface area contributed by atoms with E-state index in [0.717, 1.165) is 231 Å². The maximum absolute atomic E-state index is 10.8. The molecule has 10 aromatic rings. The van der Waals surface area contributed by atoms with Crippen molar-refractivity contribution in [2.24, 2.45) is 0 Å². The van der Waals surface area contributed by atoms with Crippen LogP contribution in [0, 0.1) is 69.2 Å². The molecule has 0 radical (unpaired) electrons. The van der Waals surface area contributed by atoms with Crippen LogP contribution in [0.3, 0.4) is 0 Å². The lowest BCUT2D eigenvalue weighted by Gasteiger charge is -2.19. The van der Waals surface area contributed by atoms with E-state index in [9.17, 15) is 25.5 Å². The van der Waals surface area contributed by atoms with E-state index in [2.05, 4.69) is 171 Å². The molecule has 0 aliphatic heterocycles. The average Bonchev–Trinajstić information content (AvgIpc) is 0.832. The van der Waals surface area contributed by atoms with Crippen LogP contribution < -0.4 is 23.7 Å². The normalized spacial score (nSPS) is 12.2. The first-order chi connectivity index (χ1) is 55.4. The highest BCUT2D eigenvalue weighted by Gasteiger charge is 2.22. The molecule has 0 saturated heterocycles. The number of unbranched alkanes of at least 4 members (excludes halogenated alkanes) is 6. The van der Waals surface area contributed by atoms with E-state index >= 15 is 0 Å². The van der Waals surface area contributed by atoms with E-state index in [0.29, 0.717) is 6.61 Å². The van der Waals surface area contributed by atoms with Crippen molar-refractivity contribution in [2.45, 2.75) is 265 Å². The highest BCUT2D eigenvalue weighted by Crippen LogP contribution is 2.38. The minimum atomic E-state index is -0.594. The van der Waals surface area contributed by atoms with E-state index in [-0.39, 0.29) is 0 Å². The number of aliphatic hydroxyl groups is 5. The molecule has 10 heteroatoms. The number of aliphatic hydroxyl groups excluding tert-OH is 5. The van der Waals surface area contributed by atoms with Crippen LogP contribution >= 0.6 is 0 Å². The highest BCUT2D eigenvalue weighted by atomic mass is 16.5. The molecule has 0 aromatic heterocycles. The molecule has 0 amide bonds. The second kappa shape index (κ2) is 49.8. The molecular formula is C105H140O10. The number of hydrogen-bond donors (Lipinski definition) is 5. The third kappa shape index (κ3) is 27.6. The molecule has 10 rings (SSSR count). The minimum Gasteiger partial charge on any atom is -0.494 e. The molecule has 620 valence electrons. The van der Waals surface area contributed by atoms with Crippen LogP contribution in [-0.2, 0) is 32.1 Å². The minimum absolute atomic E-state index is 0.592. The summed E-state index contributed by atoms with van der Waals surface area (Å²) in [5, 5.41) is 53.6. The summed E-state index contributed by atoms with van der Waals surface area (Å²) in [6.07, 6.45) is 13.6. The Morgan fingerprint density at radius 3 is 0.609 bits per heavy atom. The number of aryl methyl sites for hydroxylation is 5. The number of rotatable bonds is 35. The van der Waals surface area contributed by atoms with Gasteiger partial charge >= 0.3 is 0 Å². The monoisotopic (exact) mass is 1560 g/mol. The van der Waals surface area contributed by atoms with Crippen LogP contribution in [0.2, 0.25) is 0 Å². The maximum atomic E-state index is 10.8. The first-order valence-corrected chi connectivity index (χ1v) is 42.9. The van der Waals surface area contributed by atoms with Crippen LogP contribution in [0.4, 0.5) is 0 Å². The Morgan fingerprint density at radius 1 is 0.200 bits per heavy atom. The van der Waals surface area contributed by atoms with Gasteiger partial charge < -0.3 is 49.2 Å². The van der Waals surface area contributed by atoms with Crippen molar-refractivity contribution in [1.82, 2.24) is 0 Å². The lowest BCUT2D eigenvalue weighted by Crippen LogP contribution is -2.06. The number of hydrogen-bond acceptors (Lipinski definition) is 10. The third-order valence-corrected chi connectivity index (χ3v) is 22.7. The first kappa shape index (κ1) is 94.9. The molecule has 5 N–H and O–H groups in total. The van der Waals surface area contributed by atoms with Crippen LogP contribution in [-0.4, -0.2) is 58.6 Å². The van der Waals surface area contributed by atoms with Gasteiger partial charge in [0, 0.05) is 0 Å². The van der Waals surface area contributed by atoms with Crippen LogP contribution in [0.25, 0.3) is 0 Å². The Hall–Kier alpha value is -9.00. The summed E-state index contributed by atoms with van der Waals surface area (Å²) < 4.78 is 29.1. The first-order valence-electron chi connectivity index (χ1n) is 42.9. The number of ether oxygens (including phenoxy) is 5. The fourth-order valence-corrected chi connectivity index (χ4v) is 13.9. The van der Waals surface area contributed by atoms with Gasteiger partial charge in [0.25, 0.3) is 0 Å². The Kier molecular flexibility index (Phi) is 41.1. The van der Waals surface area contributed by atoms with Crippen LogP contribution in [0.15, 0.2) is 182 Å². The second-order valence-electron chi connectivity index (χ2n) is 30.5. The fourth-order valence-electron chi connectivity index (χ4n) is 13.9. The van der Waals surface area contributed by atoms with Gasteiger partial charge in [0.1, 0.15) is 59.3 Å². The molecule has 0 bridgehead atoms. The van der Waals surface area contributed by atoms with Gasteiger partial charge in [-0.1, -0.05) is 252 Å². The molecule has 10 nitrogen and oxygen atoms in total. The zero-order chi connectivity index (χ0) is 84.1. The van der Waals surface area contributed by atoms with Gasteiger partial charge in [-0.3, -0.25) is 0 Å². The van der Waals surface area contributed by atoms with Crippen molar-refractivity contribution in [3.05, 3.63) is 321 Å². The van der Waals surface area contributed by atoms with Crippen LogP contribution in [0.5, 0.6) is 28.7 Å². The molecule has 0 fully saturated rings. The maximum Gasteiger partial charge on any atom is 0.122 e. The molecule has 115 heavy (non-hydrogen) atoms. The molecule has 0 spiro atoms. The number of benzene rings is 10. The van der Waals surface area contributed by atoms with Crippen molar-refractivity contribution >= 4 is 0 Å². The van der Waals surface area contributed by atoms with E-state index in [1.165, 1.54) is 59.9 Å². The quantitative estimate of drug-likeness (QED) is 0.0243. The van der Waals surface area contributed by atoms with Crippen LogP contribution in [0.1, 0.15) is 303 Å². The Bertz CT molecular complexity index is 4480. The van der Waals surface area contributed by atoms with Crippen molar-refractivity contribution in [3.8, 4) is 28.7 Å². The largest absolute Gasteiger partial charge is 0.494 e. The Labute approximate surface area is 693 Å². The predicted octanol–water partition coefficient (Wildman–Crippen LogP) is 25.6. The zero-order valence-electron chi connectivity index (χ0n) is 73.6. The van der Waals surface area contributed by atoms with Gasteiger partial charge in [0.2, 0.25) is 0 Å². The smallest absolute Gasteiger partial charge is 0.122 e. The molecule has 0 aliphatic rings. The lowest BCUT2D eigenvalue weighted by molar-refractivity contribution is 0.219. The second-order valence-corrected chi connectivity index (χ2v) is 30.5. The summed E-state index contributed by atoms with van der Waals surface area (Å²) in [6.45, 7) is 45.5. The molecule has 5 atom stereocenters. The van der Waals surface area contributed by atoms with Crippen molar-refractivity contribution in [3.63, 3.8) is 0 Å². The van der Waals surface area contributed by atoms with E-state index in [4.69, 9.17) is 23.7 Å². The summed E-state index contributed by atoms with van der Waals surface area (Å²) in [5.41, 5.74) is 26.9. The van der Waals surface area contributed by atoms with Gasteiger partial charge in [0.15, 0.2) is 0 Å². The molecule has 0 aliphatic carbocycles. The molecule has 0 saturated carbocycles. The summed E-state index contributed by atoms with van der Waals surface area (Å²) in [7, 11) is 0. The SMILES string of the molecule is CCCCCCOc1ccc(C(O)c2ccc(CC)cc2)c(C)c1C.CCCCCOc1ccc(C(O)c2ccc(CC)cc2)c(C)c1C.CCCCOc1ccc(C(O)c2ccc(CC)cc2)c(C)c1C.CCCOc1ccc(C(O)c2ccc(CC)cc2)c(C)c1C.CCOc1ccc(C(O)c2ccc(CC)cc2)c(C)c1C.